The molecule has 3 heterocycles. The predicted molar refractivity (Wildman–Crippen MR) is 137 cm³/mol. The summed E-state index contributed by atoms with van der Waals surface area (Å²) in [5, 5.41) is 4.30. The highest BCUT2D eigenvalue weighted by Crippen LogP contribution is 2.26. The second-order valence-corrected chi connectivity index (χ2v) is 11.8. The number of hydrogen-bond donors (Lipinski definition) is 0. The molecule has 0 radical (unpaired) electrons. The minimum atomic E-state index is -3.65. The Morgan fingerprint density at radius 1 is 1.00 bits per heavy atom. The normalized spacial score (nSPS) is 17.8. The van der Waals surface area contributed by atoms with E-state index < -0.39 is 10.0 Å². The van der Waals surface area contributed by atoms with Crippen LogP contribution in [0.15, 0.2) is 57.7 Å². The summed E-state index contributed by atoms with van der Waals surface area (Å²) in [5.74, 6) is 0.866. The van der Waals surface area contributed by atoms with Gasteiger partial charge < -0.3 is 9.80 Å². The molecule has 0 spiro atoms. The van der Waals surface area contributed by atoms with Gasteiger partial charge in [-0.2, -0.15) is 4.31 Å². The largest absolute Gasteiger partial charge is 0.359 e. The first-order chi connectivity index (χ1) is 16.3. The SMILES string of the molecule is CN1CCCN=C1c1csc(C(=O)N2CCN(S(=O)(=O)c3ccc4cc(Cl)ccc4c3)CC2)c1. The van der Waals surface area contributed by atoms with E-state index in [-0.39, 0.29) is 23.9 Å². The van der Waals surface area contributed by atoms with Gasteiger partial charge in [-0.3, -0.25) is 9.79 Å². The van der Waals surface area contributed by atoms with Gasteiger partial charge in [0.05, 0.1) is 9.77 Å². The van der Waals surface area contributed by atoms with Gasteiger partial charge in [-0.25, -0.2) is 8.42 Å². The van der Waals surface area contributed by atoms with E-state index in [4.69, 9.17) is 11.6 Å². The molecule has 34 heavy (non-hydrogen) atoms. The summed E-state index contributed by atoms with van der Waals surface area (Å²) in [6.07, 6.45) is 1.04. The molecule has 3 aromatic rings. The number of hydrogen-bond acceptors (Lipinski definition) is 6. The highest BCUT2D eigenvalue weighted by molar-refractivity contribution is 7.89. The fourth-order valence-electron chi connectivity index (χ4n) is 4.39. The molecule has 2 aliphatic heterocycles. The van der Waals surface area contributed by atoms with E-state index in [1.807, 2.05) is 30.6 Å². The maximum Gasteiger partial charge on any atom is 0.264 e. The lowest BCUT2D eigenvalue weighted by Gasteiger charge is -2.33. The van der Waals surface area contributed by atoms with E-state index in [1.54, 1.807) is 29.2 Å². The van der Waals surface area contributed by atoms with Crippen LogP contribution in [-0.2, 0) is 10.0 Å². The van der Waals surface area contributed by atoms with Crippen LogP contribution >= 0.6 is 22.9 Å². The van der Waals surface area contributed by atoms with Crippen molar-refractivity contribution in [3.8, 4) is 0 Å². The number of sulfonamides is 1. The topological polar surface area (TPSA) is 73.3 Å². The second kappa shape index (κ2) is 9.30. The van der Waals surface area contributed by atoms with Gasteiger partial charge in [0.2, 0.25) is 10.0 Å². The molecule has 0 aliphatic carbocycles. The number of fused-ring (bicyclic) bond motifs is 1. The molecule has 1 amide bonds. The van der Waals surface area contributed by atoms with Crippen molar-refractivity contribution in [1.29, 1.82) is 0 Å². The number of rotatable bonds is 4. The Morgan fingerprint density at radius 3 is 2.50 bits per heavy atom. The second-order valence-electron chi connectivity index (χ2n) is 8.53. The first-order valence-electron chi connectivity index (χ1n) is 11.2. The van der Waals surface area contributed by atoms with Gasteiger partial charge in [0.1, 0.15) is 5.84 Å². The van der Waals surface area contributed by atoms with Crippen molar-refractivity contribution in [2.75, 3.05) is 46.3 Å². The molecule has 0 N–H and O–H groups in total. The van der Waals surface area contributed by atoms with Crippen LogP contribution in [0.3, 0.4) is 0 Å². The van der Waals surface area contributed by atoms with Gasteiger partial charge in [-0.15, -0.1) is 11.3 Å². The summed E-state index contributed by atoms with van der Waals surface area (Å²) >= 11 is 7.45. The molecule has 0 atom stereocenters. The summed E-state index contributed by atoms with van der Waals surface area (Å²) in [5.41, 5.74) is 0.967. The van der Waals surface area contributed by atoms with Crippen LogP contribution in [0.25, 0.3) is 10.8 Å². The molecule has 2 aromatic carbocycles. The van der Waals surface area contributed by atoms with Gasteiger partial charge in [-0.1, -0.05) is 23.7 Å². The molecule has 178 valence electrons. The van der Waals surface area contributed by atoms with Crippen molar-refractivity contribution in [1.82, 2.24) is 14.1 Å². The average Bonchev–Trinajstić information content (AvgIpc) is 3.33. The molecule has 7 nitrogen and oxygen atoms in total. The summed E-state index contributed by atoms with van der Waals surface area (Å²) in [7, 11) is -1.63. The molecule has 2 aliphatic rings. The van der Waals surface area contributed by atoms with Crippen molar-refractivity contribution in [2.24, 2.45) is 4.99 Å². The molecule has 10 heteroatoms. The van der Waals surface area contributed by atoms with Crippen LogP contribution in [0.4, 0.5) is 0 Å². The van der Waals surface area contributed by atoms with Gasteiger partial charge in [0.15, 0.2) is 0 Å². The first kappa shape index (κ1) is 23.3. The summed E-state index contributed by atoms with van der Waals surface area (Å²) < 4.78 is 27.9. The number of nitrogens with zero attached hydrogens (tertiary/aromatic N) is 4. The smallest absolute Gasteiger partial charge is 0.264 e. The van der Waals surface area contributed by atoms with Crippen LogP contribution < -0.4 is 0 Å². The Labute approximate surface area is 208 Å². The monoisotopic (exact) mass is 516 g/mol. The quantitative estimate of drug-likeness (QED) is 0.529. The minimum Gasteiger partial charge on any atom is -0.359 e. The third kappa shape index (κ3) is 4.45. The van der Waals surface area contributed by atoms with Crippen molar-refractivity contribution in [2.45, 2.75) is 11.3 Å². The Kier molecular flexibility index (Phi) is 6.37. The maximum atomic E-state index is 13.2. The van der Waals surface area contributed by atoms with E-state index >= 15 is 0 Å². The number of carbonyl (C=O) groups excluding carboxylic acids is 1. The molecule has 1 aromatic heterocycles. The number of piperazine rings is 1. The number of aliphatic imine (C=N–C) groups is 1. The number of carbonyl (C=O) groups is 1. The van der Waals surface area contributed by atoms with Gasteiger partial charge >= 0.3 is 0 Å². The van der Waals surface area contributed by atoms with Crippen LogP contribution in [0.5, 0.6) is 0 Å². The highest BCUT2D eigenvalue weighted by atomic mass is 35.5. The molecular formula is C24H25ClN4O3S2. The molecule has 0 saturated carbocycles. The molecular weight excluding hydrogens is 492 g/mol. The van der Waals surface area contributed by atoms with Crippen molar-refractivity contribution < 1.29 is 13.2 Å². The van der Waals surface area contributed by atoms with Crippen LogP contribution in [0.1, 0.15) is 21.7 Å². The zero-order valence-corrected chi connectivity index (χ0v) is 21.2. The highest BCUT2D eigenvalue weighted by Gasteiger charge is 2.31. The molecule has 0 unspecified atom stereocenters. The Morgan fingerprint density at radius 2 is 1.74 bits per heavy atom. The minimum absolute atomic E-state index is 0.0602. The van der Waals surface area contributed by atoms with E-state index in [1.165, 1.54) is 15.6 Å². The van der Waals surface area contributed by atoms with Crippen LogP contribution in [0, 0.1) is 0 Å². The van der Waals surface area contributed by atoms with Crippen LogP contribution in [-0.4, -0.2) is 80.6 Å². The van der Waals surface area contributed by atoms with Crippen LogP contribution in [0.2, 0.25) is 5.02 Å². The average molecular weight is 517 g/mol. The Hall–Kier alpha value is -2.46. The number of amidine groups is 1. The summed E-state index contributed by atoms with van der Waals surface area (Å²) in [4.78, 5) is 22.4. The fourth-order valence-corrected chi connectivity index (χ4v) is 6.88. The number of amides is 1. The maximum absolute atomic E-state index is 13.2. The standard InChI is InChI=1S/C24H25ClN4O3S2/c1-27-8-2-7-26-23(27)19-15-22(33-16-19)24(30)28-9-11-29(12-10-28)34(31,32)21-6-4-17-13-20(25)5-3-18(17)14-21/h3-6,13-16H,2,7-12H2,1H3. The zero-order chi connectivity index (χ0) is 23.9. The Bertz CT molecular complexity index is 1380. The molecule has 0 bridgehead atoms. The predicted octanol–water partition coefficient (Wildman–Crippen LogP) is 3.78. The summed E-state index contributed by atoms with van der Waals surface area (Å²) in [6.45, 7) is 3.00. The lowest BCUT2D eigenvalue weighted by molar-refractivity contribution is 0.0703. The Balaban J connectivity index is 1.27. The van der Waals surface area contributed by atoms with Crippen molar-refractivity contribution >= 4 is 55.5 Å². The van der Waals surface area contributed by atoms with Gasteiger partial charge in [-0.05, 0) is 47.5 Å². The lowest BCUT2D eigenvalue weighted by Crippen LogP contribution is -2.50. The first-order valence-corrected chi connectivity index (χ1v) is 13.9. The summed E-state index contributed by atoms with van der Waals surface area (Å²) in [6, 6.07) is 12.3. The van der Waals surface area contributed by atoms with Gasteiger partial charge in [0, 0.05) is 62.3 Å². The van der Waals surface area contributed by atoms with E-state index in [0.29, 0.717) is 23.0 Å². The zero-order valence-electron chi connectivity index (χ0n) is 18.8. The van der Waals surface area contributed by atoms with E-state index in [0.717, 1.165) is 41.7 Å². The number of halogens is 1. The van der Waals surface area contributed by atoms with Crippen molar-refractivity contribution in [3.05, 3.63) is 63.3 Å². The fraction of sp³-hybridized carbons (Fsp3) is 0.333. The van der Waals surface area contributed by atoms with Crippen molar-refractivity contribution in [3.63, 3.8) is 0 Å². The lowest BCUT2D eigenvalue weighted by atomic mass is 10.1. The van der Waals surface area contributed by atoms with E-state index in [9.17, 15) is 13.2 Å². The number of benzene rings is 2. The molecule has 1 saturated heterocycles. The van der Waals surface area contributed by atoms with Gasteiger partial charge in [0.25, 0.3) is 5.91 Å². The molecule has 1 fully saturated rings. The third-order valence-corrected chi connectivity index (χ3v) is 9.33. The molecule has 5 rings (SSSR count). The van der Waals surface area contributed by atoms with E-state index in [2.05, 4.69) is 9.89 Å². The number of thiophene rings is 1. The third-order valence-electron chi connectivity index (χ3n) is 6.28.